The van der Waals surface area contributed by atoms with Gasteiger partial charge in [-0.15, -0.1) is 11.3 Å². The first-order valence-electron chi connectivity index (χ1n) is 7.50. The lowest BCUT2D eigenvalue weighted by Gasteiger charge is -2.24. The minimum Gasteiger partial charge on any atom is -0.485 e. The van der Waals surface area contributed by atoms with E-state index >= 15 is 0 Å². The van der Waals surface area contributed by atoms with Crippen LogP contribution in [0.2, 0.25) is 0 Å². The lowest BCUT2D eigenvalue weighted by Crippen LogP contribution is -2.21. The standard InChI is InChI=1S/C18H14N2O3S/c21-17(19-12-6-2-1-3-7-12)13-11-24-18(20-13)16-10-22-14-8-4-5-9-15(14)23-16/h1-9,11,16H,10H2,(H,19,21)/t16-/m1/s1. The van der Waals surface area contributed by atoms with Gasteiger partial charge in [0.2, 0.25) is 0 Å². The highest BCUT2D eigenvalue weighted by molar-refractivity contribution is 7.09. The molecule has 0 fully saturated rings. The van der Waals surface area contributed by atoms with Gasteiger partial charge >= 0.3 is 0 Å². The van der Waals surface area contributed by atoms with E-state index in [1.165, 1.54) is 11.3 Å². The molecule has 6 heteroatoms. The van der Waals surface area contributed by atoms with Crippen molar-refractivity contribution in [3.63, 3.8) is 0 Å². The fourth-order valence-electron chi connectivity index (χ4n) is 2.40. The van der Waals surface area contributed by atoms with Gasteiger partial charge in [-0.2, -0.15) is 0 Å². The number of thiazole rings is 1. The summed E-state index contributed by atoms with van der Waals surface area (Å²) in [5.74, 6) is 1.19. The Hall–Kier alpha value is -2.86. The molecule has 3 aromatic rings. The Kier molecular flexibility index (Phi) is 3.88. The Balaban J connectivity index is 1.48. The number of nitrogens with zero attached hydrogens (tertiary/aromatic N) is 1. The third-order valence-electron chi connectivity index (χ3n) is 3.57. The van der Waals surface area contributed by atoms with Crippen molar-refractivity contribution in [2.24, 2.45) is 0 Å². The molecular weight excluding hydrogens is 324 g/mol. The summed E-state index contributed by atoms with van der Waals surface area (Å²) in [6.07, 6.45) is -0.303. The summed E-state index contributed by atoms with van der Waals surface area (Å²) in [4.78, 5) is 16.7. The molecule has 0 radical (unpaired) electrons. The van der Waals surface area contributed by atoms with Crippen LogP contribution in [-0.4, -0.2) is 17.5 Å². The number of fused-ring (bicyclic) bond motifs is 1. The van der Waals surface area contributed by atoms with Crippen LogP contribution in [0, 0.1) is 0 Å². The SMILES string of the molecule is O=C(Nc1ccccc1)c1csc([C@H]2COc3ccccc3O2)n1. The van der Waals surface area contributed by atoms with Crippen molar-refractivity contribution in [3.8, 4) is 11.5 Å². The normalized spacial score (nSPS) is 15.8. The van der Waals surface area contributed by atoms with Gasteiger partial charge in [0.15, 0.2) is 17.6 Å². The third kappa shape index (κ3) is 2.96. The molecule has 2 aromatic carbocycles. The maximum absolute atomic E-state index is 12.3. The van der Waals surface area contributed by atoms with Crippen LogP contribution in [0.15, 0.2) is 60.0 Å². The number of benzene rings is 2. The topological polar surface area (TPSA) is 60.5 Å². The molecule has 0 saturated carbocycles. The van der Waals surface area contributed by atoms with E-state index in [0.717, 1.165) is 16.4 Å². The zero-order valence-electron chi connectivity index (χ0n) is 12.6. The zero-order chi connectivity index (χ0) is 16.4. The van der Waals surface area contributed by atoms with Crippen LogP contribution in [0.25, 0.3) is 0 Å². The summed E-state index contributed by atoms with van der Waals surface area (Å²) in [6, 6.07) is 16.8. The molecule has 5 nitrogen and oxygen atoms in total. The molecule has 1 aliphatic heterocycles. The predicted molar refractivity (Wildman–Crippen MR) is 91.8 cm³/mol. The average molecular weight is 338 g/mol. The molecule has 1 aromatic heterocycles. The maximum atomic E-state index is 12.3. The van der Waals surface area contributed by atoms with Gasteiger partial charge in [0.1, 0.15) is 17.3 Å². The number of carbonyl (C=O) groups is 1. The lowest BCUT2D eigenvalue weighted by molar-refractivity contribution is 0.0906. The number of amides is 1. The van der Waals surface area contributed by atoms with E-state index in [0.29, 0.717) is 18.1 Å². The molecule has 0 bridgehead atoms. The highest BCUT2D eigenvalue weighted by Crippen LogP contribution is 2.36. The summed E-state index contributed by atoms with van der Waals surface area (Å²) in [5, 5.41) is 5.28. The number of carbonyl (C=O) groups excluding carboxylic acids is 1. The molecule has 1 atom stereocenters. The summed E-state index contributed by atoms with van der Waals surface area (Å²) in [5.41, 5.74) is 1.12. The van der Waals surface area contributed by atoms with Crippen LogP contribution >= 0.6 is 11.3 Å². The minimum atomic E-state index is -0.303. The van der Waals surface area contributed by atoms with E-state index in [-0.39, 0.29) is 12.0 Å². The number of anilines is 1. The smallest absolute Gasteiger partial charge is 0.275 e. The number of rotatable bonds is 3. The first-order chi connectivity index (χ1) is 11.8. The number of para-hydroxylation sites is 3. The second-order valence-electron chi connectivity index (χ2n) is 5.26. The Bertz CT molecular complexity index is 863. The Morgan fingerprint density at radius 3 is 2.67 bits per heavy atom. The molecular formula is C18H14N2O3S. The first-order valence-corrected chi connectivity index (χ1v) is 8.38. The van der Waals surface area contributed by atoms with E-state index in [9.17, 15) is 4.79 Å². The van der Waals surface area contributed by atoms with Crippen molar-refractivity contribution in [1.29, 1.82) is 0 Å². The quantitative estimate of drug-likeness (QED) is 0.786. The maximum Gasteiger partial charge on any atom is 0.275 e. The molecule has 0 aliphatic carbocycles. The number of aromatic nitrogens is 1. The molecule has 24 heavy (non-hydrogen) atoms. The van der Waals surface area contributed by atoms with Gasteiger partial charge in [-0.25, -0.2) is 4.98 Å². The number of nitrogens with one attached hydrogen (secondary N) is 1. The minimum absolute atomic E-state index is 0.235. The Morgan fingerprint density at radius 2 is 1.83 bits per heavy atom. The highest BCUT2D eigenvalue weighted by atomic mass is 32.1. The van der Waals surface area contributed by atoms with Crippen LogP contribution in [0.1, 0.15) is 21.6 Å². The number of hydrogen-bond acceptors (Lipinski definition) is 5. The Morgan fingerprint density at radius 1 is 1.08 bits per heavy atom. The van der Waals surface area contributed by atoms with E-state index in [1.54, 1.807) is 5.38 Å². The number of ether oxygens (including phenoxy) is 2. The predicted octanol–water partition coefficient (Wildman–Crippen LogP) is 3.91. The van der Waals surface area contributed by atoms with Crippen LogP contribution < -0.4 is 14.8 Å². The molecule has 1 N–H and O–H groups in total. The zero-order valence-corrected chi connectivity index (χ0v) is 13.5. The van der Waals surface area contributed by atoms with Gasteiger partial charge in [0, 0.05) is 11.1 Å². The van der Waals surface area contributed by atoms with Gasteiger partial charge in [-0.3, -0.25) is 4.79 Å². The van der Waals surface area contributed by atoms with Gasteiger partial charge in [0.25, 0.3) is 5.91 Å². The van der Waals surface area contributed by atoms with Gasteiger partial charge in [-0.1, -0.05) is 30.3 Å². The fraction of sp³-hybridized carbons (Fsp3) is 0.111. The summed E-state index contributed by atoms with van der Waals surface area (Å²) in [7, 11) is 0. The monoisotopic (exact) mass is 338 g/mol. The third-order valence-corrected chi connectivity index (χ3v) is 4.51. The van der Waals surface area contributed by atoms with E-state index < -0.39 is 0 Å². The molecule has 0 spiro atoms. The van der Waals surface area contributed by atoms with Crippen LogP contribution in [0.3, 0.4) is 0 Å². The largest absolute Gasteiger partial charge is 0.485 e. The van der Waals surface area contributed by atoms with Crippen molar-refractivity contribution in [3.05, 3.63) is 70.7 Å². The second kappa shape index (κ2) is 6.33. The fourth-order valence-corrected chi connectivity index (χ4v) is 3.21. The van der Waals surface area contributed by atoms with Crippen molar-refractivity contribution < 1.29 is 14.3 Å². The molecule has 2 heterocycles. The van der Waals surface area contributed by atoms with Crippen molar-refractivity contribution in [1.82, 2.24) is 4.98 Å². The summed E-state index contributed by atoms with van der Waals surface area (Å²) in [6.45, 7) is 0.379. The average Bonchev–Trinajstić information content (AvgIpc) is 3.12. The van der Waals surface area contributed by atoms with Crippen LogP contribution in [0.4, 0.5) is 5.69 Å². The summed E-state index contributed by atoms with van der Waals surface area (Å²) < 4.78 is 11.6. The summed E-state index contributed by atoms with van der Waals surface area (Å²) >= 11 is 1.39. The molecule has 1 aliphatic rings. The lowest BCUT2D eigenvalue weighted by atomic mass is 10.2. The Labute approximate surface area is 142 Å². The van der Waals surface area contributed by atoms with E-state index in [4.69, 9.17) is 9.47 Å². The van der Waals surface area contributed by atoms with Gasteiger partial charge in [-0.05, 0) is 24.3 Å². The van der Waals surface area contributed by atoms with Gasteiger partial charge < -0.3 is 14.8 Å². The van der Waals surface area contributed by atoms with Crippen LogP contribution in [-0.2, 0) is 0 Å². The number of hydrogen-bond donors (Lipinski definition) is 1. The highest BCUT2D eigenvalue weighted by Gasteiger charge is 2.25. The molecule has 120 valence electrons. The van der Waals surface area contributed by atoms with Gasteiger partial charge in [0.05, 0.1) is 0 Å². The van der Waals surface area contributed by atoms with Crippen molar-refractivity contribution in [2.75, 3.05) is 11.9 Å². The second-order valence-corrected chi connectivity index (χ2v) is 6.15. The van der Waals surface area contributed by atoms with Crippen molar-refractivity contribution >= 4 is 22.9 Å². The molecule has 1 amide bonds. The van der Waals surface area contributed by atoms with E-state index in [2.05, 4.69) is 10.3 Å². The molecule has 0 saturated heterocycles. The molecule has 4 rings (SSSR count). The van der Waals surface area contributed by atoms with E-state index in [1.807, 2.05) is 54.6 Å². The first kappa shape index (κ1) is 14.7. The van der Waals surface area contributed by atoms with Crippen molar-refractivity contribution in [2.45, 2.75) is 6.10 Å². The molecule has 0 unspecified atom stereocenters. The van der Waals surface area contributed by atoms with Crippen LogP contribution in [0.5, 0.6) is 11.5 Å².